The van der Waals surface area contributed by atoms with Gasteiger partial charge in [0.15, 0.2) is 0 Å². The summed E-state index contributed by atoms with van der Waals surface area (Å²) in [6, 6.07) is 5.43. The summed E-state index contributed by atoms with van der Waals surface area (Å²) in [4.78, 5) is 12.7. The van der Waals surface area contributed by atoms with Crippen molar-refractivity contribution in [1.29, 1.82) is 0 Å². The van der Waals surface area contributed by atoms with Crippen LogP contribution < -0.4 is 10.1 Å². The van der Waals surface area contributed by atoms with Gasteiger partial charge in [0.2, 0.25) is 0 Å². The van der Waals surface area contributed by atoms with Gasteiger partial charge in [-0.3, -0.25) is 4.79 Å². The zero-order valence-corrected chi connectivity index (χ0v) is 14.0. The summed E-state index contributed by atoms with van der Waals surface area (Å²) < 4.78 is 6.14. The maximum absolute atomic E-state index is 12.2. The van der Waals surface area contributed by atoms with Gasteiger partial charge >= 0.3 is 0 Å². The Morgan fingerprint density at radius 2 is 2.26 bits per heavy atom. The van der Waals surface area contributed by atoms with E-state index in [4.69, 9.17) is 4.74 Å². The number of benzene rings is 1. The first-order valence-corrected chi connectivity index (χ1v) is 8.08. The average Bonchev–Trinajstić information content (AvgIpc) is 2.81. The molecule has 0 aliphatic heterocycles. The number of nitrogens with one attached hydrogen (secondary N) is 1. The number of amides is 1. The molecule has 3 nitrogen and oxygen atoms in total. The van der Waals surface area contributed by atoms with Gasteiger partial charge in [-0.05, 0) is 37.0 Å². The predicted molar refractivity (Wildman–Crippen MR) is 83.1 cm³/mol. The molecular weight excluding hydrogens is 374 g/mol. The zero-order chi connectivity index (χ0) is 13.8. The van der Waals surface area contributed by atoms with E-state index in [1.807, 2.05) is 6.07 Å². The van der Waals surface area contributed by atoms with Crippen LogP contribution in [0.3, 0.4) is 0 Å². The fourth-order valence-electron chi connectivity index (χ4n) is 2.39. The number of hydrogen-bond donors (Lipinski definition) is 1. The maximum atomic E-state index is 12.2. The van der Waals surface area contributed by atoms with E-state index in [1.54, 1.807) is 19.2 Å². The molecule has 0 spiro atoms. The number of ether oxygens (including phenoxy) is 1. The Morgan fingerprint density at radius 1 is 1.47 bits per heavy atom. The van der Waals surface area contributed by atoms with Crippen molar-refractivity contribution in [1.82, 2.24) is 5.32 Å². The zero-order valence-electron chi connectivity index (χ0n) is 10.8. The second-order valence-corrected chi connectivity index (χ2v) is 6.85. The summed E-state index contributed by atoms with van der Waals surface area (Å²) in [5.74, 6) is 1.05. The van der Waals surface area contributed by atoms with E-state index in [1.165, 1.54) is 19.3 Å². The Balaban J connectivity index is 1.99. The van der Waals surface area contributed by atoms with Crippen LogP contribution >= 0.6 is 31.9 Å². The van der Waals surface area contributed by atoms with Crippen LogP contribution in [0.4, 0.5) is 0 Å². The minimum absolute atomic E-state index is 0.0732. The Hall–Kier alpha value is -0.550. The van der Waals surface area contributed by atoms with Crippen LogP contribution in [0.2, 0.25) is 0 Å². The number of methoxy groups -OCH3 is 1. The number of alkyl halides is 1. The fourth-order valence-corrected chi connectivity index (χ4v) is 3.51. The summed E-state index contributed by atoms with van der Waals surface area (Å²) in [6.07, 6.45) is 3.61. The van der Waals surface area contributed by atoms with Crippen molar-refractivity contribution in [2.45, 2.75) is 24.1 Å². The minimum atomic E-state index is -0.0732. The molecule has 0 saturated heterocycles. The summed E-state index contributed by atoms with van der Waals surface area (Å²) in [6.45, 7) is 0.716. The molecule has 5 heteroatoms. The van der Waals surface area contributed by atoms with Crippen molar-refractivity contribution in [2.75, 3.05) is 13.7 Å². The topological polar surface area (TPSA) is 38.3 Å². The highest BCUT2D eigenvalue weighted by atomic mass is 79.9. The Labute approximate surface area is 130 Å². The molecule has 1 amide bonds. The van der Waals surface area contributed by atoms with Crippen LogP contribution in [0, 0.1) is 5.92 Å². The molecular formula is C14H17Br2NO2. The number of rotatable bonds is 4. The second-order valence-electron chi connectivity index (χ2n) is 4.76. The van der Waals surface area contributed by atoms with Crippen molar-refractivity contribution < 1.29 is 9.53 Å². The summed E-state index contributed by atoms with van der Waals surface area (Å²) in [7, 11) is 1.57. The van der Waals surface area contributed by atoms with E-state index in [2.05, 4.69) is 37.2 Å². The van der Waals surface area contributed by atoms with Gasteiger partial charge in [0.05, 0.1) is 12.7 Å². The number of carbonyl (C=O) groups is 1. The van der Waals surface area contributed by atoms with Crippen molar-refractivity contribution in [3.8, 4) is 5.75 Å². The molecule has 1 aliphatic carbocycles. The van der Waals surface area contributed by atoms with E-state index in [-0.39, 0.29) is 5.91 Å². The summed E-state index contributed by atoms with van der Waals surface area (Å²) >= 11 is 7.04. The van der Waals surface area contributed by atoms with Crippen molar-refractivity contribution in [3.05, 3.63) is 28.2 Å². The molecule has 1 aromatic carbocycles. The lowest BCUT2D eigenvalue weighted by Gasteiger charge is -2.15. The molecule has 0 radical (unpaired) electrons. The Bertz CT molecular complexity index is 465. The lowest BCUT2D eigenvalue weighted by atomic mass is 10.1. The lowest BCUT2D eigenvalue weighted by molar-refractivity contribution is 0.0945. The molecule has 1 aliphatic rings. The molecule has 2 unspecified atom stereocenters. The molecule has 19 heavy (non-hydrogen) atoms. The van der Waals surface area contributed by atoms with E-state index < -0.39 is 0 Å². The number of halogens is 2. The van der Waals surface area contributed by atoms with Crippen LogP contribution in [0.15, 0.2) is 22.7 Å². The van der Waals surface area contributed by atoms with Crippen molar-refractivity contribution in [2.24, 2.45) is 5.92 Å². The second kappa shape index (κ2) is 6.75. The van der Waals surface area contributed by atoms with Gasteiger partial charge in [-0.2, -0.15) is 0 Å². The third kappa shape index (κ3) is 3.72. The molecule has 0 bridgehead atoms. The first-order valence-electron chi connectivity index (χ1n) is 6.37. The quantitative estimate of drug-likeness (QED) is 0.795. The molecule has 104 valence electrons. The first-order chi connectivity index (χ1) is 9.11. The van der Waals surface area contributed by atoms with Gasteiger partial charge in [-0.1, -0.05) is 38.3 Å². The summed E-state index contributed by atoms with van der Waals surface area (Å²) in [5, 5.41) is 3.00. The Kier molecular flexibility index (Phi) is 5.28. The fraction of sp³-hybridized carbons (Fsp3) is 0.500. The molecule has 1 N–H and O–H groups in total. The highest BCUT2D eigenvalue weighted by molar-refractivity contribution is 9.10. The van der Waals surface area contributed by atoms with Gasteiger partial charge in [0.1, 0.15) is 5.75 Å². The smallest absolute Gasteiger partial charge is 0.255 e. The van der Waals surface area contributed by atoms with Gasteiger partial charge in [0.25, 0.3) is 5.91 Å². The van der Waals surface area contributed by atoms with Gasteiger partial charge < -0.3 is 10.1 Å². The third-order valence-electron chi connectivity index (χ3n) is 3.50. The van der Waals surface area contributed by atoms with Gasteiger partial charge in [-0.15, -0.1) is 0 Å². The van der Waals surface area contributed by atoms with Gasteiger partial charge in [0, 0.05) is 15.8 Å². The van der Waals surface area contributed by atoms with E-state index >= 15 is 0 Å². The van der Waals surface area contributed by atoms with Crippen LogP contribution in [-0.4, -0.2) is 24.4 Å². The minimum Gasteiger partial charge on any atom is -0.496 e. The van der Waals surface area contributed by atoms with Crippen LogP contribution in [0.5, 0.6) is 5.75 Å². The summed E-state index contributed by atoms with van der Waals surface area (Å²) in [5.41, 5.74) is 0.579. The van der Waals surface area contributed by atoms with Gasteiger partial charge in [-0.25, -0.2) is 0 Å². The standard InChI is InChI=1S/C14H17Br2NO2/c1-19-13-7-10(15)5-6-11(13)14(18)17-8-9-3-2-4-12(9)16/h5-7,9,12H,2-4,8H2,1H3,(H,17,18). The van der Waals surface area contributed by atoms with Crippen LogP contribution in [0.1, 0.15) is 29.6 Å². The molecule has 0 heterocycles. The normalized spacial score (nSPS) is 22.3. The third-order valence-corrected chi connectivity index (χ3v) is 5.20. The SMILES string of the molecule is COc1cc(Br)ccc1C(=O)NCC1CCCC1Br. The average molecular weight is 391 g/mol. The molecule has 2 rings (SSSR count). The van der Waals surface area contributed by atoms with E-state index in [9.17, 15) is 4.79 Å². The largest absolute Gasteiger partial charge is 0.496 e. The van der Waals surface area contributed by atoms with E-state index in [0.29, 0.717) is 28.6 Å². The Morgan fingerprint density at radius 3 is 2.89 bits per heavy atom. The van der Waals surface area contributed by atoms with Crippen LogP contribution in [-0.2, 0) is 0 Å². The highest BCUT2D eigenvalue weighted by Crippen LogP contribution is 2.31. The molecule has 1 saturated carbocycles. The maximum Gasteiger partial charge on any atom is 0.255 e. The van der Waals surface area contributed by atoms with Crippen molar-refractivity contribution in [3.63, 3.8) is 0 Å². The lowest BCUT2D eigenvalue weighted by Crippen LogP contribution is -2.31. The first kappa shape index (κ1) is 14.9. The highest BCUT2D eigenvalue weighted by Gasteiger charge is 2.25. The molecule has 2 atom stereocenters. The predicted octanol–water partition coefficient (Wildman–Crippen LogP) is 3.75. The number of carbonyl (C=O) groups excluding carboxylic acids is 1. The molecule has 0 aromatic heterocycles. The monoisotopic (exact) mass is 389 g/mol. The van der Waals surface area contributed by atoms with Crippen LogP contribution in [0.25, 0.3) is 0 Å². The van der Waals surface area contributed by atoms with Crippen molar-refractivity contribution >= 4 is 37.8 Å². The molecule has 1 aromatic rings. The number of hydrogen-bond acceptors (Lipinski definition) is 2. The van der Waals surface area contributed by atoms with E-state index in [0.717, 1.165) is 4.47 Å². The molecule has 1 fully saturated rings.